The summed E-state index contributed by atoms with van der Waals surface area (Å²) in [5, 5.41) is 0.640. The summed E-state index contributed by atoms with van der Waals surface area (Å²) in [7, 11) is 1.70. The van der Waals surface area contributed by atoms with Crippen LogP contribution in [0.2, 0.25) is 0 Å². The van der Waals surface area contributed by atoms with Crippen molar-refractivity contribution in [2.75, 3.05) is 12.8 Å². The molecular formula is C22H24N2O2. The summed E-state index contributed by atoms with van der Waals surface area (Å²) >= 11 is 0. The quantitative estimate of drug-likeness (QED) is 0.544. The lowest BCUT2D eigenvalue weighted by Crippen LogP contribution is -2.09. The minimum Gasteiger partial charge on any atom is -0.455 e. The van der Waals surface area contributed by atoms with Gasteiger partial charge in [-0.05, 0) is 55.2 Å². The lowest BCUT2D eigenvalue weighted by Gasteiger charge is -2.14. The Morgan fingerprint density at radius 3 is 2.54 bits per heavy atom. The third-order valence-corrected chi connectivity index (χ3v) is 4.63. The van der Waals surface area contributed by atoms with Crippen LogP contribution in [0.15, 0.2) is 44.5 Å². The van der Waals surface area contributed by atoms with Crippen LogP contribution in [0, 0.1) is 13.8 Å². The maximum absolute atomic E-state index is 13.0. The van der Waals surface area contributed by atoms with E-state index in [2.05, 4.69) is 24.9 Å². The van der Waals surface area contributed by atoms with Gasteiger partial charge in [-0.1, -0.05) is 19.9 Å². The monoisotopic (exact) mass is 348 g/mol. The molecule has 0 aliphatic rings. The summed E-state index contributed by atoms with van der Waals surface area (Å²) in [6.07, 6.45) is 1.70. The molecule has 2 aromatic carbocycles. The highest BCUT2D eigenvalue weighted by Gasteiger charge is 2.17. The summed E-state index contributed by atoms with van der Waals surface area (Å²) in [5.41, 5.74) is 11.7. The molecule has 0 aliphatic heterocycles. The molecule has 3 rings (SSSR count). The van der Waals surface area contributed by atoms with Crippen LogP contribution >= 0.6 is 0 Å². The van der Waals surface area contributed by atoms with E-state index in [9.17, 15) is 4.79 Å². The molecule has 0 atom stereocenters. The van der Waals surface area contributed by atoms with Gasteiger partial charge in [0.05, 0.1) is 5.39 Å². The van der Waals surface area contributed by atoms with Crippen LogP contribution in [0.4, 0.5) is 5.69 Å². The van der Waals surface area contributed by atoms with E-state index < -0.39 is 0 Å². The maximum Gasteiger partial charge on any atom is 0.196 e. The second-order valence-corrected chi connectivity index (χ2v) is 7.00. The molecule has 4 heteroatoms. The molecule has 4 nitrogen and oxygen atoms in total. The Morgan fingerprint density at radius 2 is 1.88 bits per heavy atom. The van der Waals surface area contributed by atoms with Crippen molar-refractivity contribution in [3.8, 4) is 11.3 Å². The number of rotatable bonds is 3. The first-order valence-corrected chi connectivity index (χ1v) is 8.73. The summed E-state index contributed by atoms with van der Waals surface area (Å²) < 4.78 is 6.29. The Labute approximate surface area is 153 Å². The number of nitrogen functional groups attached to an aromatic ring is 1. The van der Waals surface area contributed by atoms with Crippen molar-refractivity contribution < 1.29 is 4.42 Å². The Morgan fingerprint density at radius 1 is 1.15 bits per heavy atom. The van der Waals surface area contributed by atoms with E-state index in [0.29, 0.717) is 28.0 Å². The first-order valence-electron chi connectivity index (χ1n) is 8.73. The van der Waals surface area contributed by atoms with E-state index in [4.69, 9.17) is 10.2 Å². The Balaban J connectivity index is 2.36. The van der Waals surface area contributed by atoms with Crippen molar-refractivity contribution in [1.82, 2.24) is 0 Å². The molecule has 2 N–H and O–H groups in total. The van der Waals surface area contributed by atoms with Crippen molar-refractivity contribution in [3.05, 3.63) is 62.8 Å². The number of aliphatic imine (C=N–C) groups is 1. The summed E-state index contributed by atoms with van der Waals surface area (Å²) in [5.74, 6) is 0.837. The molecule has 0 unspecified atom stereocenters. The zero-order chi connectivity index (χ0) is 19.0. The van der Waals surface area contributed by atoms with E-state index in [1.807, 2.05) is 38.1 Å². The number of nitrogens with two attached hydrogens (primary N) is 1. The molecule has 1 heterocycles. The van der Waals surface area contributed by atoms with Gasteiger partial charge < -0.3 is 10.2 Å². The number of nitrogens with zero attached hydrogens (tertiary/aromatic N) is 1. The molecule has 3 aromatic rings. The van der Waals surface area contributed by atoms with Crippen molar-refractivity contribution in [2.24, 2.45) is 4.99 Å². The second kappa shape index (κ2) is 6.79. The zero-order valence-corrected chi connectivity index (χ0v) is 15.9. The summed E-state index contributed by atoms with van der Waals surface area (Å²) in [6, 6.07) is 9.59. The summed E-state index contributed by atoms with van der Waals surface area (Å²) in [6.45, 7) is 8.02. The number of fused-ring (bicyclic) bond motifs is 1. The molecule has 0 spiro atoms. The first kappa shape index (κ1) is 17.9. The minimum atomic E-state index is 0.00869. The predicted octanol–water partition coefficient (Wildman–Crippen LogP) is 4.83. The van der Waals surface area contributed by atoms with Gasteiger partial charge in [-0.2, -0.15) is 0 Å². The summed E-state index contributed by atoms with van der Waals surface area (Å²) in [4.78, 5) is 17.1. The highest BCUT2D eigenvalue weighted by atomic mass is 16.3. The maximum atomic E-state index is 13.0. The number of hydrogen-bond acceptors (Lipinski definition) is 4. The van der Waals surface area contributed by atoms with Crippen LogP contribution in [-0.4, -0.2) is 13.3 Å². The molecule has 26 heavy (non-hydrogen) atoms. The second-order valence-electron chi connectivity index (χ2n) is 7.00. The van der Waals surface area contributed by atoms with Crippen molar-refractivity contribution in [1.29, 1.82) is 0 Å². The largest absolute Gasteiger partial charge is 0.455 e. The number of benzene rings is 2. The smallest absolute Gasteiger partial charge is 0.196 e. The van der Waals surface area contributed by atoms with Crippen molar-refractivity contribution in [3.63, 3.8) is 0 Å². The van der Waals surface area contributed by atoms with Crippen molar-refractivity contribution in [2.45, 2.75) is 33.6 Å². The Kier molecular flexibility index (Phi) is 4.68. The van der Waals surface area contributed by atoms with Gasteiger partial charge in [0.1, 0.15) is 11.3 Å². The fourth-order valence-corrected chi connectivity index (χ4v) is 3.24. The van der Waals surface area contributed by atoms with Crippen LogP contribution in [0.5, 0.6) is 0 Å². The lowest BCUT2D eigenvalue weighted by molar-refractivity contribution is 0.605. The van der Waals surface area contributed by atoms with E-state index in [1.165, 1.54) is 0 Å². The molecule has 0 aliphatic carbocycles. The fourth-order valence-electron chi connectivity index (χ4n) is 3.24. The van der Waals surface area contributed by atoms with E-state index in [1.54, 1.807) is 13.3 Å². The van der Waals surface area contributed by atoms with Gasteiger partial charge in [0.2, 0.25) is 0 Å². The topological polar surface area (TPSA) is 68.6 Å². The van der Waals surface area contributed by atoms with Gasteiger partial charge in [-0.15, -0.1) is 0 Å². The Hall–Kier alpha value is -2.88. The van der Waals surface area contributed by atoms with Gasteiger partial charge >= 0.3 is 0 Å². The fraction of sp³-hybridized carbons (Fsp3) is 0.273. The van der Waals surface area contributed by atoms with Crippen LogP contribution in [-0.2, 0) is 0 Å². The van der Waals surface area contributed by atoms with Crippen LogP contribution in [0.3, 0.4) is 0 Å². The molecule has 0 amide bonds. The average Bonchev–Trinajstić information content (AvgIpc) is 2.60. The van der Waals surface area contributed by atoms with Gasteiger partial charge in [0.25, 0.3) is 0 Å². The van der Waals surface area contributed by atoms with E-state index >= 15 is 0 Å². The number of aryl methyl sites for hydroxylation is 1. The molecular weight excluding hydrogens is 324 g/mol. The Bertz CT molecular complexity index is 1080. The van der Waals surface area contributed by atoms with Gasteiger partial charge in [-0.25, -0.2) is 0 Å². The minimum absolute atomic E-state index is 0.00869. The third kappa shape index (κ3) is 3.03. The molecule has 0 saturated heterocycles. The SMILES string of the molecule is CN=Cc1cc(-c2oc3c(C(C)C)cc(C)cc3c(=O)c2C)ccc1N. The predicted molar refractivity (Wildman–Crippen MR) is 109 cm³/mol. The van der Waals surface area contributed by atoms with Gasteiger partial charge in [0, 0.05) is 35.6 Å². The zero-order valence-electron chi connectivity index (χ0n) is 15.9. The number of hydrogen-bond donors (Lipinski definition) is 1. The molecule has 0 radical (unpaired) electrons. The van der Waals surface area contributed by atoms with Gasteiger partial charge in [-0.3, -0.25) is 9.79 Å². The highest BCUT2D eigenvalue weighted by molar-refractivity contribution is 5.90. The van der Waals surface area contributed by atoms with E-state index in [-0.39, 0.29) is 11.3 Å². The van der Waals surface area contributed by atoms with Crippen molar-refractivity contribution >= 4 is 22.9 Å². The third-order valence-electron chi connectivity index (χ3n) is 4.63. The molecule has 134 valence electrons. The van der Waals surface area contributed by atoms with Crippen LogP contribution < -0.4 is 11.2 Å². The van der Waals surface area contributed by atoms with Crippen LogP contribution in [0.25, 0.3) is 22.3 Å². The van der Waals surface area contributed by atoms with E-state index in [0.717, 1.165) is 22.3 Å². The highest BCUT2D eigenvalue weighted by Crippen LogP contribution is 2.32. The van der Waals surface area contributed by atoms with Gasteiger partial charge in [0.15, 0.2) is 5.43 Å². The molecule has 0 saturated carbocycles. The molecule has 0 fully saturated rings. The molecule has 0 bridgehead atoms. The first-order chi connectivity index (χ1) is 12.3. The standard InChI is InChI=1S/C22H24N2O2/c1-12(2)17-8-13(3)9-18-20(25)14(4)21(26-22(17)18)15-6-7-19(23)16(10-15)11-24-5/h6-12H,23H2,1-5H3. The lowest BCUT2D eigenvalue weighted by atomic mass is 9.96. The number of anilines is 1. The normalized spacial score (nSPS) is 11.8. The molecule has 1 aromatic heterocycles. The van der Waals surface area contributed by atoms with Crippen LogP contribution in [0.1, 0.15) is 42.0 Å². The average molecular weight is 348 g/mol.